The number of hydrogen-bond acceptors (Lipinski definition) is 6. The number of imidazole rings is 1. The second-order valence-corrected chi connectivity index (χ2v) is 8.89. The van der Waals surface area contributed by atoms with Gasteiger partial charge in [-0.2, -0.15) is 0 Å². The number of rotatable bonds is 9. The van der Waals surface area contributed by atoms with Gasteiger partial charge in [0.05, 0.1) is 12.2 Å². The van der Waals surface area contributed by atoms with Gasteiger partial charge >= 0.3 is 5.69 Å². The Morgan fingerprint density at radius 1 is 1.18 bits per heavy atom. The molecular weight excluding hydrogens is 430 g/mol. The number of ketones is 1. The number of aromatic amines is 1. The second kappa shape index (κ2) is 9.17. The smallest absolute Gasteiger partial charge is 0.300 e. The van der Waals surface area contributed by atoms with Crippen LogP contribution in [0, 0.1) is 5.92 Å². The molecule has 0 bridgehead atoms. The van der Waals surface area contributed by atoms with E-state index in [0.29, 0.717) is 12.4 Å². The maximum atomic E-state index is 13.3. The van der Waals surface area contributed by atoms with Crippen LogP contribution in [0.1, 0.15) is 50.5 Å². The summed E-state index contributed by atoms with van der Waals surface area (Å²) in [5, 5.41) is 14.1. The Balaban J connectivity index is 1.45. The lowest BCUT2D eigenvalue weighted by molar-refractivity contribution is -0.118. The Morgan fingerprint density at radius 3 is 2.74 bits per heavy atom. The number of H-pyrrole nitrogens is 1. The van der Waals surface area contributed by atoms with E-state index in [1.54, 1.807) is 17.7 Å². The Labute approximate surface area is 196 Å². The van der Waals surface area contributed by atoms with Gasteiger partial charge in [-0.05, 0) is 65.9 Å². The third-order valence-corrected chi connectivity index (χ3v) is 6.46. The standard InChI is InChI=1S/C25H27N7O2/c1-3-4-8-21-15-32(23-13-22(23)16(2)33)25(34)31(21)14-20-12-18(9-10-26-20)17-6-5-7-19(11-17)24-27-29-30-28-24/h5-7,9-12,15,22-23H,3-4,8,13-14H2,1-2H3,(H,27,28,29,30). The van der Waals surface area contributed by atoms with E-state index in [1.165, 1.54) is 0 Å². The van der Waals surface area contributed by atoms with E-state index in [0.717, 1.165) is 53.8 Å². The van der Waals surface area contributed by atoms with Crippen LogP contribution in [0.25, 0.3) is 22.5 Å². The summed E-state index contributed by atoms with van der Waals surface area (Å²) in [6.07, 6.45) is 7.34. The maximum absolute atomic E-state index is 13.3. The van der Waals surface area contributed by atoms with E-state index >= 15 is 0 Å². The minimum absolute atomic E-state index is 0.0146. The Bertz CT molecular complexity index is 1370. The van der Waals surface area contributed by atoms with E-state index in [1.807, 2.05) is 47.2 Å². The second-order valence-electron chi connectivity index (χ2n) is 8.89. The summed E-state index contributed by atoms with van der Waals surface area (Å²) in [5.41, 5.74) is 4.64. The lowest BCUT2D eigenvalue weighted by Crippen LogP contribution is -2.26. The molecule has 1 saturated carbocycles. The molecule has 1 N–H and O–H groups in total. The normalized spacial score (nSPS) is 17.1. The molecule has 0 radical (unpaired) electrons. The first kappa shape index (κ1) is 21.9. The first-order valence-corrected chi connectivity index (χ1v) is 11.7. The van der Waals surface area contributed by atoms with Crippen LogP contribution in [0.5, 0.6) is 0 Å². The zero-order valence-corrected chi connectivity index (χ0v) is 19.3. The summed E-state index contributed by atoms with van der Waals surface area (Å²) in [5.74, 6) is 0.715. The molecule has 0 spiro atoms. The molecule has 0 amide bonds. The number of unbranched alkanes of at least 4 members (excludes halogenated alkanes) is 1. The molecule has 0 saturated heterocycles. The molecule has 2 atom stereocenters. The Kier molecular flexibility index (Phi) is 5.91. The van der Waals surface area contributed by atoms with Gasteiger partial charge in [0, 0.05) is 35.6 Å². The van der Waals surface area contributed by atoms with Crippen molar-refractivity contribution < 1.29 is 4.79 Å². The van der Waals surface area contributed by atoms with Gasteiger partial charge in [-0.25, -0.2) is 9.89 Å². The van der Waals surface area contributed by atoms with Gasteiger partial charge < -0.3 is 0 Å². The van der Waals surface area contributed by atoms with E-state index in [2.05, 4.69) is 32.5 Å². The van der Waals surface area contributed by atoms with Crippen molar-refractivity contribution >= 4 is 5.78 Å². The van der Waals surface area contributed by atoms with Crippen LogP contribution < -0.4 is 5.69 Å². The number of carbonyl (C=O) groups excluding carboxylic acids is 1. The van der Waals surface area contributed by atoms with Crippen molar-refractivity contribution in [2.24, 2.45) is 5.92 Å². The van der Waals surface area contributed by atoms with Crippen LogP contribution in [0.3, 0.4) is 0 Å². The summed E-state index contributed by atoms with van der Waals surface area (Å²) in [4.78, 5) is 29.6. The first-order chi connectivity index (χ1) is 16.5. The minimum atomic E-state index is -0.0631. The highest BCUT2D eigenvalue weighted by Gasteiger charge is 2.43. The van der Waals surface area contributed by atoms with Gasteiger partial charge in [0.15, 0.2) is 5.82 Å². The highest BCUT2D eigenvalue weighted by molar-refractivity contribution is 5.81. The molecule has 4 aromatic rings. The largest absolute Gasteiger partial charge is 0.328 e. The van der Waals surface area contributed by atoms with Gasteiger partial charge in [-0.15, -0.1) is 5.10 Å². The van der Waals surface area contributed by atoms with Crippen molar-refractivity contribution in [3.63, 3.8) is 0 Å². The number of tetrazole rings is 1. The molecule has 9 nitrogen and oxygen atoms in total. The number of pyridine rings is 1. The molecule has 9 heteroatoms. The number of hydrogen-bond donors (Lipinski definition) is 1. The van der Waals surface area contributed by atoms with Gasteiger partial charge in [0.1, 0.15) is 5.78 Å². The molecule has 2 unspecified atom stereocenters. The average molecular weight is 458 g/mol. The molecule has 1 fully saturated rings. The average Bonchev–Trinajstić information content (AvgIpc) is 3.34. The van der Waals surface area contributed by atoms with Crippen molar-refractivity contribution in [3.05, 3.63) is 70.7 Å². The molecule has 0 aliphatic heterocycles. The fraction of sp³-hybridized carbons (Fsp3) is 0.360. The number of nitrogens with zero attached hydrogens (tertiary/aromatic N) is 6. The number of aromatic nitrogens is 7. The third kappa shape index (κ3) is 4.33. The van der Waals surface area contributed by atoms with E-state index in [-0.39, 0.29) is 23.4 Å². The van der Waals surface area contributed by atoms with Gasteiger partial charge in [-0.1, -0.05) is 31.5 Å². The van der Waals surface area contributed by atoms with E-state index < -0.39 is 0 Å². The van der Waals surface area contributed by atoms with Gasteiger partial charge in [-0.3, -0.25) is 18.9 Å². The fourth-order valence-electron chi connectivity index (χ4n) is 4.47. The van der Waals surface area contributed by atoms with Crippen LogP contribution in [-0.2, 0) is 17.8 Å². The summed E-state index contributed by atoms with van der Waals surface area (Å²) in [7, 11) is 0. The number of aryl methyl sites for hydroxylation is 1. The molecule has 34 heavy (non-hydrogen) atoms. The minimum Gasteiger partial charge on any atom is -0.300 e. The lowest BCUT2D eigenvalue weighted by atomic mass is 10.0. The zero-order valence-electron chi connectivity index (χ0n) is 19.3. The molecule has 3 aromatic heterocycles. The number of nitrogens with one attached hydrogen (secondary N) is 1. The molecule has 174 valence electrons. The molecule has 5 rings (SSSR count). The maximum Gasteiger partial charge on any atom is 0.328 e. The lowest BCUT2D eigenvalue weighted by Gasteiger charge is -2.09. The van der Waals surface area contributed by atoms with Crippen molar-refractivity contribution in [1.82, 2.24) is 34.7 Å². The Hall–Kier alpha value is -3.88. The molecular formula is C25H27N7O2. The van der Waals surface area contributed by atoms with Crippen molar-refractivity contribution in [2.75, 3.05) is 0 Å². The molecule has 3 heterocycles. The van der Waals surface area contributed by atoms with Crippen LogP contribution in [0.2, 0.25) is 0 Å². The summed E-state index contributed by atoms with van der Waals surface area (Å²) >= 11 is 0. The number of Topliss-reactive ketones (excluding diaryl/α,β-unsaturated/α-hetero) is 1. The van der Waals surface area contributed by atoms with Crippen molar-refractivity contribution in [1.29, 1.82) is 0 Å². The van der Waals surface area contributed by atoms with Crippen molar-refractivity contribution in [3.8, 4) is 22.5 Å². The first-order valence-electron chi connectivity index (χ1n) is 11.7. The van der Waals surface area contributed by atoms with Gasteiger partial charge in [0.2, 0.25) is 0 Å². The number of benzene rings is 1. The van der Waals surface area contributed by atoms with Crippen LogP contribution >= 0.6 is 0 Å². The SMILES string of the molecule is CCCCc1cn(C2CC2C(C)=O)c(=O)n1Cc1cc(-c2cccc(-c3nnn[nH]3)c2)ccn1. The summed E-state index contributed by atoms with van der Waals surface area (Å²) < 4.78 is 3.57. The highest BCUT2D eigenvalue weighted by Crippen LogP contribution is 2.43. The van der Waals surface area contributed by atoms with Crippen LogP contribution in [0.4, 0.5) is 0 Å². The predicted octanol–water partition coefficient (Wildman–Crippen LogP) is 3.43. The summed E-state index contributed by atoms with van der Waals surface area (Å²) in [6.45, 7) is 4.13. The van der Waals surface area contributed by atoms with Gasteiger partial charge in [0.25, 0.3) is 0 Å². The monoisotopic (exact) mass is 457 g/mol. The fourth-order valence-corrected chi connectivity index (χ4v) is 4.47. The van der Waals surface area contributed by atoms with Crippen LogP contribution in [-0.4, -0.2) is 40.5 Å². The van der Waals surface area contributed by atoms with E-state index in [4.69, 9.17) is 0 Å². The van der Waals surface area contributed by atoms with Crippen LogP contribution in [0.15, 0.2) is 53.6 Å². The Morgan fingerprint density at radius 2 is 2.00 bits per heavy atom. The van der Waals surface area contributed by atoms with Crippen molar-refractivity contribution in [2.45, 2.75) is 52.1 Å². The molecule has 1 aliphatic carbocycles. The highest BCUT2D eigenvalue weighted by atomic mass is 16.2. The van der Waals surface area contributed by atoms with E-state index in [9.17, 15) is 9.59 Å². The topological polar surface area (TPSA) is 111 Å². The predicted molar refractivity (Wildman–Crippen MR) is 127 cm³/mol. The molecule has 1 aliphatic rings. The third-order valence-electron chi connectivity index (χ3n) is 6.46. The molecule has 1 aromatic carbocycles. The summed E-state index contributed by atoms with van der Waals surface area (Å²) in [6, 6.07) is 11.9. The quantitative estimate of drug-likeness (QED) is 0.412. The zero-order chi connectivity index (χ0) is 23.7. The number of carbonyl (C=O) groups is 1.